The molecule has 15 heavy (non-hydrogen) atoms. The first-order valence-electron chi connectivity index (χ1n) is 4.53. The van der Waals surface area contributed by atoms with Crippen LogP contribution in [0.15, 0.2) is 30.3 Å². The molecule has 0 saturated heterocycles. The highest BCUT2D eigenvalue weighted by Gasteiger charge is 2.05. The second kappa shape index (κ2) is 3.28. The minimum absolute atomic E-state index is 0.175. The van der Waals surface area contributed by atoms with Crippen LogP contribution in [0.3, 0.4) is 0 Å². The van der Waals surface area contributed by atoms with Crippen LogP contribution in [-0.2, 0) is 0 Å². The lowest BCUT2D eigenvalue weighted by molar-refractivity contribution is -0.266. The Balaban J connectivity index is 2.80. The molecule has 0 aliphatic rings. The van der Waals surface area contributed by atoms with Crippen molar-refractivity contribution in [2.45, 2.75) is 6.92 Å². The first kappa shape index (κ1) is 9.52. The van der Waals surface area contributed by atoms with Crippen molar-refractivity contribution in [1.82, 2.24) is 0 Å². The van der Waals surface area contributed by atoms with E-state index in [1.54, 1.807) is 18.2 Å². The quantitative estimate of drug-likeness (QED) is 0.766. The number of carboxylic acids is 1. The molecule has 2 aromatic rings. The second-order valence-corrected chi connectivity index (χ2v) is 3.47. The van der Waals surface area contributed by atoms with Crippen LogP contribution in [-0.4, -0.2) is 11.1 Å². The number of carbonyl (C=O) groups is 1. The van der Waals surface area contributed by atoms with Gasteiger partial charge in [-0.05, 0) is 23.8 Å². The largest absolute Gasteiger partial charge is 0.871 e. The zero-order valence-electron chi connectivity index (χ0n) is 8.15. The number of hydrogen-bond donors (Lipinski definition) is 1. The molecule has 1 N–H and O–H groups in total. The number of aryl methyl sites for hydroxylation is 1. The lowest BCUT2D eigenvalue weighted by Crippen LogP contribution is -2.04. The van der Waals surface area contributed by atoms with Crippen LogP contribution in [0.5, 0.6) is 5.75 Å². The van der Waals surface area contributed by atoms with Gasteiger partial charge in [0, 0.05) is 0 Å². The van der Waals surface area contributed by atoms with Gasteiger partial charge < -0.3 is 10.2 Å². The SMILES string of the molecule is Cc1ccc2c([O-])c(C(=O)O)ccc2c1. The van der Waals surface area contributed by atoms with Gasteiger partial charge >= 0.3 is 5.97 Å². The van der Waals surface area contributed by atoms with E-state index in [-0.39, 0.29) is 5.56 Å². The van der Waals surface area contributed by atoms with Gasteiger partial charge in [-0.15, -0.1) is 0 Å². The van der Waals surface area contributed by atoms with E-state index in [0.29, 0.717) is 5.39 Å². The van der Waals surface area contributed by atoms with E-state index in [0.717, 1.165) is 10.9 Å². The Kier molecular flexibility index (Phi) is 2.08. The molecule has 0 saturated carbocycles. The van der Waals surface area contributed by atoms with Gasteiger partial charge in [0.1, 0.15) is 0 Å². The van der Waals surface area contributed by atoms with Crippen LogP contribution in [0.2, 0.25) is 0 Å². The molecule has 0 spiro atoms. The summed E-state index contributed by atoms with van der Waals surface area (Å²) in [5, 5.41) is 21.7. The van der Waals surface area contributed by atoms with Gasteiger partial charge in [-0.3, -0.25) is 0 Å². The average Bonchev–Trinajstić information content (AvgIpc) is 2.17. The third-order valence-electron chi connectivity index (χ3n) is 2.36. The lowest BCUT2D eigenvalue weighted by atomic mass is 10.0. The molecule has 3 heteroatoms. The Hall–Kier alpha value is -2.03. The van der Waals surface area contributed by atoms with Gasteiger partial charge in [0.2, 0.25) is 0 Å². The van der Waals surface area contributed by atoms with E-state index in [2.05, 4.69) is 0 Å². The minimum atomic E-state index is -1.18. The van der Waals surface area contributed by atoms with E-state index in [1.807, 2.05) is 13.0 Å². The summed E-state index contributed by atoms with van der Waals surface area (Å²) in [6.07, 6.45) is 0. The standard InChI is InChI=1S/C12H10O3/c1-7-2-4-9-8(6-7)3-5-10(11(9)13)12(14)15/h2-6,13H,1H3,(H,14,15)/p-1. The summed E-state index contributed by atoms with van der Waals surface area (Å²) in [7, 11) is 0. The maximum absolute atomic E-state index is 11.7. The predicted octanol–water partition coefficient (Wildman–Crippen LogP) is 1.92. The monoisotopic (exact) mass is 201 g/mol. The molecule has 0 bridgehead atoms. The summed E-state index contributed by atoms with van der Waals surface area (Å²) < 4.78 is 0. The summed E-state index contributed by atoms with van der Waals surface area (Å²) in [4.78, 5) is 10.7. The molecule has 2 rings (SSSR count). The Morgan fingerprint density at radius 3 is 2.67 bits per heavy atom. The number of rotatable bonds is 1. The molecule has 2 aromatic carbocycles. The molecule has 0 unspecified atom stereocenters. The fraction of sp³-hybridized carbons (Fsp3) is 0.0833. The van der Waals surface area contributed by atoms with Gasteiger partial charge in [0.15, 0.2) is 0 Å². The molecule has 0 radical (unpaired) electrons. The third kappa shape index (κ3) is 1.52. The van der Waals surface area contributed by atoms with Gasteiger partial charge in [0.25, 0.3) is 0 Å². The number of carboxylic acid groups (broad SMARTS) is 1. The van der Waals surface area contributed by atoms with Crippen molar-refractivity contribution in [3.63, 3.8) is 0 Å². The molecule has 3 nitrogen and oxygen atoms in total. The van der Waals surface area contributed by atoms with Crippen molar-refractivity contribution in [1.29, 1.82) is 0 Å². The van der Waals surface area contributed by atoms with Crippen molar-refractivity contribution in [3.8, 4) is 5.75 Å². The highest BCUT2D eigenvalue weighted by atomic mass is 16.4. The van der Waals surface area contributed by atoms with Crippen LogP contribution in [0.4, 0.5) is 0 Å². The molecular formula is C12H9O3-. The first-order chi connectivity index (χ1) is 7.09. The Morgan fingerprint density at radius 2 is 2.00 bits per heavy atom. The maximum Gasteiger partial charge on any atom is 0.335 e. The Labute approximate surface area is 86.6 Å². The van der Waals surface area contributed by atoms with Crippen molar-refractivity contribution in [3.05, 3.63) is 41.5 Å². The topological polar surface area (TPSA) is 60.4 Å². The van der Waals surface area contributed by atoms with E-state index in [4.69, 9.17) is 5.11 Å². The second-order valence-electron chi connectivity index (χ2n) is 3.47. The lowest BCUT2D eigenvalue weighted by Gasteiger charge is -2.14. The van der Waals surface area contributed by atoms with Crippen LogP contribution >= 0.6 is 0 Å². The number of benzene rings is 2. The van der Waals surface area contributed by atoms with Crippen LogP contribution in [0.25, 0.3) is 10.8 Å². The number of aromatic carboxylic acids is 1. The molecule has 0 amide bonds. The van der Waals surface area contributed by atoms with Crippen molar-refractivity contribution in [2.75, 3.05) is 0 Å². The van der Waals surface area contributed by atoms with Crippen molar-refractivity contribution >= 4 is 16.7 Å². The van der Waals surface area contributed by atoms with Gasteiger partial charge in [0.05, 0.1) is 5.56 Å². The maximum atomic E-state index is 11.7. The summed E-state index contributed by atoms with van der Waals surface area (Å²) in [5.41, 5.74) is 0.872. The summed E-state index contributed by atoms with van der Waals surface area (Å²) in [5.74, 6) is -1.59. The third-order valence-corrected chi connectivity index (χ3v) is 2.36. The zero-order chi connectivity index (χ0) is 11.0. The van der Waals surface area contributed by atoms with Crippen LogP contribution in [0, 0.1) is 6.92 Å². The fourth-order valence-corrected chi connectivity index (χ4v) is 1.59. The smallest absolute Gasteiger partial charge is 0.335 e. The Morgan fingerprint density at radius 1 is 1.27 bits per heavy atom. The highest BCUT2D eigenvalue weighted by molar-refractivity contribution is 6.00. The molecule has 76 valence electrons. The molecule has 0 aliphatic heterocycles. The van der Waals surface area contributed by atoms with Gasteiger partial charge in [-0.1, -0.05) is 35.6 Å². The number of fused-ring (bicyclic) bond motifs is 1. The number of hydrogen-bond acceptors (Lipinski definition) is 2. The van der Waals surface area contributed by atoms with E-state index >= 15 is 0 Å². The molecule has 0 heterocycles. The highest BCUT2D eigenvalue weighted by Crippen LogP contribution is 2.26. The average molecular weight is 201 g/mol. The molecule has 0 fully saturated rings. The molecular weight excluding hydrogens is 192 g/mol. The first-order valence-corrected chi connectivity index (χ1v) is 4.53. The minimum Gasteiger partial charge on any atom is -0.871 e. The van der Waals surface area contributed by atoms with Gasteiger partial charge in [-0.2, -0.15) is 0 Å². The van der Waals surface area contributed by atoms with E-state index < -0.39 is 11.7 Å². The van der Waals surface area contributed by atoms with Gasteiger partial charge in [-0.25, -0.2) is 4.79 Å². The van der Waals surface area contributed by atoms with E-state index in [9.17, 15) is 9.90 Å². The summed E-state index contributed by atoms with van der Waals surface area (Å²) in [6.45, 7) is 1.93. The molecule has 0 atom stereocenters. The normalized spacial score (nSPS) is 10.5. The van der Waals surface area contributed by atoms with Crippen molar-refractivity contribution in [2.24, 2.45) is 0 Å². The van der Waals surface area contributed by atoms with Crippen LogP contribution in [0.1, 0.15) is 15.9 Å². The van der Waals surface area contributed by atoms with Crippen LogP contribution < -0.4 is 5.11 Å². The summed E-state index contributed by atoms with van der Waals surface area (Å²) in [6, 6.07) is 8.34. The zero-order valence-corrected chi connectivity index (χ0v) is 8.15. The van der Waals surface area contributed by atoms with Crippen molar-refractivity contribution < 1.29 is 15.0 Å². The summed E-state index contributed by atoms with van der Waals surface area (Å²) >= 11 is 0. The predicted molar refractivity (Wildman–Crippen MR) is 55.1 cm³/mol. The Bertz CT molecular complexity index is 544. The fourth-order valence-electron chi connectivity index (χ4n) is 1.59. The molecule has 0 aliphatic carbocycles. The van der Waals surface area contributed by atoms with E-state index in [1.165, 1.54) is 6.07 Å². The molecule has 0 aromatic heterocycles.